The summed E-state index contributed by atoms with van der Waals surface area (Å²) < 4.78 is 0. The molecule has 0 amide bonds. The summed E-state index contributed by atoms with van der Waals surface area (Å²) in [5.74, 6) is -3.47. The van der Waals surface area contributed by atoms with Crippen molar-refractivity contribution >= 4 is 24.4 Å². The van der Waals surface area contributed by atoms with Gasteiger partial charge < -0.3 is 40.2 Å². The van der Waals surface area contributed by atoms with Gasteiger partial charge in [-0.2, -0.15) is 0 Å². The summed E-state index contributed by atoms with van der Waals surface area (Å²) in [6, 6.07) is 9.42. The normalized spacial score (nSPS) is 14.4. The summed E-state index contributed by atoms with van der Waals surface area (Å²) in [5.41, 5.74) is 0.545. The molecule has 0 aliphatic carbocycles. The number of carbonyl (C=O) groups excluding carboxylic acids is 2. The van der Waals surface area contributed by atoms with Gasteiger partial charge in [-0.3, -0.25) is 9.98 Å². The Kier molecular flexibility index (Phi) is 13.3. The van der Waals surface area contributed by atoms with Crippen molar-refractivity contribution in [1.29, 1.82) is 0 Å². The zero-order valence-corrected chi connectivity index (χ0v) is 18.7. The van der Waals surface area contributed by atoms with E-state index in [1.54, 1.807) is 24.3 Å². The van der Waals surface area contributed by atoms with E-state index in [1.165, 1.54) is 38.1 Å². The van der Waals surface area contributed by atoms with E-state index >= 15 is 0 Å². The molecule has 0 aliphatic heterocycles. The second kappa shape index (κ2) is 14.7. The summed E-state index contributed by atoms with van der Waals surface area (Å²) in [6.07, 6.45) is -0.0643. The fourth-order valence-electron chi connectivity index (χ4n) is 2.26. The Morgan fingerprint density at radius 2 is 1.06 bits per heavy atom. The van der Waals surface area contributed by atoms with Gasteiger partial charge in [0.2, 0.25) is 0 Å². The van der Waals surface area contributed by atoms with Crippen LogP contribution in [0, 0.1) is 0 Å². The van der Waals surface area contributed by atoms with Crippen LogP contribution in [0.1, 0.15) is 25.0 Å². The van der Waals surface area contributed by atoms with Gasteiger partial charge in [-0.1, -0.05) is 48.5 Å². The van der Waals surface area contributed by atoms with Crippen molar-refractivity contribution in [2.45, 2.75) is 38.1 Å². The number of benzene rings is 2. The Balaban J connectivity index is 0.000000602. The Labute approximate surface area is 200 Å². The Hall–Kier alpha value is -3.25. The molecule has 2 aromatic rings. The minimum atomic E-state index is -1.48. The molecule has 4 unspecified atom stereocenters. The van der Waals surface area contributed by atoms with Gasteiger partial charge in [0.05, 0.1) is 24.1 Å². The predicted molar refractivity (Wildman–Crippen MR) is 108 cm³/mol. The number of aliphatic hydroxyl groups excluding tert-OH is 2. The van der Waals surface area contributed by atoms with Crippen molar-refractivity contribution < 1.29 is 57.0 Å². The van der Waals surface area contributed by atoms with Crippen LogP contribution >= 0.6 is 0 Å². The van der Waals surface area contributed by atoms with Gasteiger partial charge in [-0.05, 0) is 25.0 Å². The van der Waals surface area contributed by atoms with E-state index in [9.17, 15) is 30.0 Å². The van der Waals surface area contributed by atoms with Crippen LogP contribution in [0.2, 0.25) is 0 Å². The molecular formula is C22H22CoN2O8-2. The van der Waals surface area contributed by atoms with Gasteiger partial charge in [-0.25, -0.2) is 0 Å². The van der Waals surface area contributed by atoms with Crippen LogP contribution in [0.5, 0.6) is 11.5 Å². The molecule has 0 fully saturated rings. The van der Waals surface area contributed by atoms with Crippen molar-refractivity contribution in [2.24, 2.45) is 9.98 Å². The number of hydrogen-bond donors (Lipinski definition) is 2. The van der Waals surface area contributed by atoms with Gasteiger partial charge in [0.25, 0.3) is 0 Å². The molecule has 179 valence electrons. The largest absolute Gasteiger partial charge is 2.00 e. The fourth-order valence-corrected chi connectivity index (χ4v) is 2.26. The maximum absolute atomic E-state index is 11.3. The third kappa shape index (κ3) is 10.3. The first-order valence-corrected chi connectivity index (χ1v) is 9.40. The van der Waals surface area contributed by atoms with Crippen LogP contribution in [0.4, 0.5) is 0 Å². The first-order chi connectivity index (χ1) is 15.0. The summed E-state index contributed by atoms with van der Waals surface area (Å²) in [7, 11) is 0. The number of hydrogen-bond acceptors (Lipinski definition) is 10. The van der Waals surface area contributed by atoms with E-state index in [0.717, 1.165) is 12.4 Å². The van der Waals surface area contributed by atoms with Crippen LogP contribution in [0.3, 0.4) is 0 Å². The number of rotatable bonds is 8. The third-order valence-corrected chi connectivity index (χ3v) is 3.98. The van der Waals surface area contributed by atoms with Crippen molar-refractivity contribution in [3.63, 3.8) is 0 Å². The number of carboxylic acids is 2. The van der Waals surface area contributed by atoms with Crippen LogP contribution in [0.15, 0.2) is 58.5 Å². The molecular weight excluding hydrogens is 479 g/mol. The van der Waals surface area contributed by atoms with Crippen molar-refractivity contribution in [2.75, 3.05) is 0 Å². The number of aliphatic imine (C=N–C) groups is 2. The molecule has 0 heterocycles. The van der Waals surface area contributed by atoms with Crippen molar-refractivity contribution in [3.05, 3.63) is 59.7 Å². The Morgan fingerprint density at radius 3 is 1.30 bits per heavy atom. The number of carboxylic acid groups (broad SMARTS) is 2. The van der Waals surface area contributed by atoms with E-state index in [4.69, 9.17) is 10.2 Å². The maximum Gasteiger partial charge on any atom is 2.00 e. The van der Waals surface area contributed by atoms with Gasteiger partial charge in [0.15, 0.2) is 0 Å². The van der Waals surface area contributed by atoms with Crippen molar-refractivity contribution in [1.82, 2.24) is 0 Å². The van der Waals surface area contributed by atoms with E-state index in [-0.39, 0.29) is 39.4 Å². The first-order valence-electron chi connectivity index (χ1n) is 9.40. The van der Waals surface area contributed by atoms with Crippen LogP contribution < -0.4 is 20.4 Å². The molecule has 4 atom stereocenters. The van der Waals surface area contributed by atoms with Gasteiger partial charge >= 0.3 is 16.8 Å². The smallest absolute Gasteiger partial charge is 0.872 e. The molecule has 1 radical (unpaired) electrons. The molecule has 0 spiro atoms. The molecule has 0 aromatic heterocycles. The van der Waals surface area contributed by atoms with E-state index in [2.05, 4.69) is 9.98 Å². The molecule has 2 aromatic carbocycles. The number of carbonyl (C=O) groups is 2. The van der Waals surface area contributed by atoms with Crippen molar-refractivity contribution in [3.8, 4) is 11.5 Å². The minimum Gasteiger partial charge on any atom is -0.872 e. The minimum absolute atomic E-state index is 0. The zero-order chi connectivity index (χ0) is 24.3. The summed E-state index contributed by atoms with van der Waals surface area (Å²) in [5, 5.41) is 61.9. The van der Waals surface area contributed by atoms with Gasteiger partial charge in [-0.15, -0.1) is 11.5 Å². The number of para-hydroxylation sites is 2. The number of nitrogens with zero attached hydrogens (tertiary/aromatic N) is 2. The first kappa shape index (κ1) is 29.7. The van der Waals surface area contributed by atoms with E-state index in [0.29, 0.717) is 0 Å². The monoisotopic (exact) mass is 501 g/mol. The maximum atomic E-state index is 11.3. The Bertz CT molecular complexity index is 885. The average Bonchev–Trinajstić information content (AvgIpc) is 2.70. The van der Waals surface area contributed by atoms with E-state index in [1.807, 2.05) is 0 Å². The predicted octanol–water partition coefficient (Wildman–Crippen LogP) is -2.65. The third-order valence-electron chi connectivity index (χ3n) is 3.98. The van der Waals surface area contributed by atoms with Gasteiger partial charge in [0, 0.05) is 12.4 Å². The van der Waals surface area contributed by atoms with Crippen LogP contribution in [-0.4, -0.2) is 58.9 Å². The zero-order valence-electron chi connectivity index (χ0n) is 17.7. The molecule has 0 saturated carbocycles. The van der Waals surface area contributed by atoms with E-state index < -0.39 is 36.2 Å². The average molecular weight is 501 g/mol. The summed E-state index contributed by atoms with van der Waals surface area (Å²) in [4.78, 5) is 28.4. The molecule has 33 heavy (non-hydrogen) atoms. The summed E-state index contributed by atoms with van der Waals surface area (Å²) >= 11 is 0. The molecule has 0 aliphatic rings. The fraction of sp³-hybridized carbons (Fsp3) is 0.273. The molecule has 2 rings (SSSR count). The molecule has 0 saturated heterocycles. The number of aliphatic hydroxyl groups is 2. The topological polar surface area (TPSA) is 192 Å². The van der Waals surface area contributed by atoms with Crippen LogP contribution in [0.25, 0.3) is 0 Å². The standard InChI is InChI=1S/2C11H13NO4.Co/c2*1-7(13)10(11(15)16)12-6-8-4-2-3-5-9(8)14;/h2*2-7,10,13-14H,1H3,(H,15,16);/q;;+2/p-4. The Morgan fingerprint density at radius 1 is 0.758 bits per heavy atom. The SMILES string of the molecule is CC(O)C(N=Cc1ccccc1[O-])C(=O)[O-].CC(O)C(N=Cc1ccccc1[O-])C(=O)[O-].[Co+2]. The molecule has 11 heteroatoms. The van der Waals surface area contributed by atoms with Gasteiger partial charge in [0.1, 0.15) is 12.1 Å². The summed E-state index contributed by atoms with van der Waals surface area (Å²) in [6.45, 7) is 2.59. The molecule has 2 N–H and O–H groups in total. The molecule has 0 bridgehead atoms. The second-order valence-corrected chi connectivity index (χ2v) is 6.64. The quantitative estimate of drug-likeness (QED) is 0.367. The van der Waals surface area contributed by atoms with Crippen LogP contribution in [-0.2, 0) is 26.4 Å². The number of aliphatic carboxylic acids is 2. The second-order valence-electron chi connectivity index (χ2n) is 6.64. The molecule has 10 nitrogen and oxygen atoms in total.